The predicted molar refractivity (Wildman–Crippen MR) is 86.4 cm³/mol. The van der Waals surface area contributed by atoms with E-state index in [1.54, 1.807) is 0 Å². The van der Waals surface area contributed by atoms with Gasteiger partial charge in [-0.1, -0.05) is 41.5 Å². The molecule has 0 radical (unpaired) electrons. The smallest absolute Gasteiger partial charge is 0.00179 e. The first-order chi connectivity index (χ1) is 8.84. The van der Waals surface area contributed by atoms with E-state index in [2.05, 4.69) is 46.9 Å². The summed E-state index contributed by atoms with van der Waals surface area (Å²) >= 11 is 0. The first-order valence-corrected chi connectivity index (χ1v) is 8.55. The molecule has 0 aromatic rings. The number of nitrogens with one attached hydrogen (secondary N) is 1. The largest absolute Gasteiger partial charge is 0.316 e. The summed E-state index contributed by atoms with van der Waals surface area (Å²) < 4.78 is 0. The van der Waals surface area contributed by atoms with E-state index in [1.165, 1.54) is 45.2 Å². The van der Waals surface area contributed by atoms with E-state index in [9.17, 15) is 0 Å². The summed E-state index contributed by atoms with van der Waals surface area (Å²) in [6, 6.07) is 0. The van der Waals surface area contributed by atoms with Gasteiger partial charge < -0.3 is 5.32 Å². The second kappa shape index (κ2) is 7.67. The van der Waals surface area contributed by atoms with E-state index in [0.29, 0.717) is 5.41 Å². The van der Waals surface area contributed by atoms with E-state index in [-0.39, 0.29) is 0 Å². The topological polar surface area (TPSA) is 12.0 Å². The van der Waals surface area contributed by atoms with Crippen molar-refractivity contribution < 1.29 is 0 Å². The molecule has 0 aromatic heterocycles. The Morgan fingerprint density at radius 3 is 2.32 bits per heavy atom. The molecule has 0 spiro atoms. The molecule has 1 aliphatic rings. The van der Waals surface area contributed by atoms with Crippen LogP contribution in [0.5, 0.6) is 0 Å². The van der Waals surface area contributed by atoms with E-state index in [1.807, 2.05) is 0 Å². The molecule has 0 aromatic carbocycles. The zero-order valence-corrected chi connectivity index (χ0v) is 14.3. The van der Waals surface area contributed by atoms with Crippen molar-refractivity contribution in [2.75, 3.05) is 13.1 Å². The van der Waals surface area contributed by atoms with Crippen LogP contribution in [0.4, 0.5) is 0 Å². The lowest BCUT2D eigenvalue weighted by Crippen LogP contribution is -2.37. The lowest BCUT2D eigenvalue weighted by atomic mass is 9.64. The predicted octanol–water partition coefficient (Wildman–Crippen LogP) is 5.11. The Balaban J connectivity index is 2.56. The fourth-order valence-electron chi connectivity index (χ4n) is 3.74. The van der Waals surface area contributed by atoms with Crippen LogP contribution in [0.3, 0.4) is 0 Å². The molecule has 0 aliphatic heterocycles. The fraction of sp³-hybridized carbons (Fsp3) is 1.00. The Bertz CT molecular complexity index is 239. The highest BCUT2D eigenvalue weighted by Crippen LogP contribution is 2.44. The first kappa shape index (κ1) is 17.0. The van der Waals surface area contributed by atoms with E-state index >= 15 is 0 Å². The summed E-state index contributed by atoms with van der Waals surface area (Å²) in [4.78, 5) is 0. The minimum Gasteiger partial charge on any atom is -0.316 e. The highest BCUT2D eigenvalue weighted by Gasteiger charge is 2.35. The zero-order valence-electron chi connectivity index (χ0n) is 14.3. The molecule has 0 bridgehead atoms. The maximum atomic E-state index is 3.66. The van der Waals surface area contributed by atoms with Gasteiger partial charge in [0.05, 0.1) is 0 Å². The summed E-state index contributed by atoms with van der Waals surface area (Å²) in [5.74, 6) is 3.64. The van der Waals surface area contributed by atoms with Gasteiger partial charge in [0.2, 0.25) is 0 Å². The van der Waals surface area contributed by atoms with E-state index in [4.69, 9.17) is 0 Å². The van der Waals surface area contributed by atoms with E-state index < -0.39 is 0 Å². The molecule has 3 unspecified atom stereocenters. The summed E-state index contributed by atoms with van der Waals surface area (Å²) in [6.07, 6.45) is 7.02. The average molecular weight is 268 g/mol. The van der Waals surface area contributed by atoms with Crippen LogP contribution >= 0.6 is 0 Å². The van der Waals surface area contributed by atoms with Crippen LogP contribution in [-0.4, -0.2) is 13.1 Å². The third kappa shape index (κ3) is 5.85. The SMILES string of the molecule is CCCNCC1CCC(C(C)(C)C)CC1CC(C)C. The number of hydrogen-bond acceptors (Lipinski definition) is 1. The number of hydrogen-bond donors (Lipinski definition) is 1. The van der Waals surface area contributed by atoms with Crippen molar-refractivity contribution in [1.29, 1.82) is 0 Å². The average Bonchev–Trinajstić information content (AvgIpc) is 2.29. The quantitative estimate of drug-likeness (QED) is 0.659. The molecule has 0 heterocycles. The molecular weight excluding hydrogens is 230 g/mol. The maximum Gasteiger partial charge on any atom is -0.00179 e. The van der Waals surface area contributed by atoms with Crippen LogP contribution in [0.25, 0.3) is 0 Å². The van der Waals surface area contributed by atoms with Crippen LogP contribution in [0.1, 0.15) is 73.6 Å². The van der Waals surface area contributed by atoms with Gasteiger partial charge >= 0.3 is 0 Å². The van der Waals surface area contributed by atoms with Gasteiger partial charge in [0.25, 0.3) is 0 Å². The Hall–Kier alpha value is -0.0400. The number of rotatable bonds is 6. The maximum absolute atomic E-state index is 3.66. The molecule has 19 heavy (non-hydrogen) atoms. The van der Waals surface area contributed by atoms with Crippen molar-refractivity contribution in [3.63, 3.8) is 0 Å². The monoisotopic (exact) mass is 267 g/mol. The van der Waals surface area contributed by atoms with Crippen LogP contribution in [0, 0.1) is 29.1 Å². The van der Waals surface area contributed by atoms with Gasteiger partial charge in [0.1, 0.15) is 0 Å². The second-order valence-corrected chi connectivity index (χ2v) is 8.23. The summed E-state index contributed by atoms with van der Waals surface area (Å²) in [6.45, 7) is 16.8. The molecule has 0 saturated heterocycles. The Kier molecular flexibility index (Phi) is 6.86. The van der Waals surface area contributed by atoms with Gasteiger partial charge in [-0.3, -0.25) is 0 Å². The lowest BCUT2D eigenvalue weighted by Gasteiger charge is -2.42. The lowest BCUT2D eigenvalue weighted by molar-refractivity contribution is 0.0857. The van der Waals surface area contributed by atoms with Gasteiger partial charge in [-0.25, -0.2) is 0 Å². The molecule has 1 rings (SSSR count). The van der Waals surface area contributed by atoms with Gasteiger partial charge in [-0.2, -0.15) is 0 Å². The van der Waals surface area contributed by atoms with Crippen molar-refractivity contribution in [2.45, 2.75) is 73.6 Å². The van der Waals surface area contributed by atoms with Crippen LogP contribution < -0.4 is 5.32 Å². The summed E-state index contributed by atoms with van der Waals surface area (Å²) in [5.41, 5.74) is 0.497. The van der Waals surface area contributed by atoms with Gasteiger partial charge in [0.15, 0.2) is 0 Å². The van der Waals surface area contributed by atoms with Crippen LogP contribution in [0.15, 0.2) is 0 Å². The fourth-order valence-corrected chi connectivity index (χ4v) is 3.74. The van der Waals surface area contributed by atoms with Crippen molar-refractivity contribution in [2.24, 2.45) is 29.1 Å². The Morgan fingerprint density at radius 1 is 1.11 bits per heavy atom. The first-order valence-electron chi connectivity index (χ1n) is 8.55. The van der Waals surface area contributed by atoms with Crippen molar-refractivity contribution in [3.05, 3.63) is 0 Å². The highest BCUT2D eigenvalue weighted by molar-refractivity contribution is 4.86. The molecule has 0 amide bonds. The Morgan fingerprint density at radius 2 is 1.79 bits per heavy atom. The second-order valence-electron chi connectivity index (χ2n) is 8.23. The minimum absolute atomic E-state index is 0.497. The van der Waals surface area contributed by atoms with Crippen molar-refractivity contribution in [1.82, 2.24) is 5.32 Å². The Labute approximate surface area is 121 Å². The third-order valence-electron chi connectivity index (χ3n) is 4.97. The summed E-state index contributed by atoms with van der Waals surface area (Å²) in [5, 5.41) is 3.66. The van der Waals surface area contributed by atoms with E-state index in [0.717, 1.165) is 23.7 Å². The highest BCUT2D eigenvalue weighted by atomic mass is 14.9. The standard InChI is InChI=1S/C18H37N/c1-7-10-19-13-15-8-9-17(18(4,5)6)12-16(15)11-14(2)3/h14-17,19H,7-13H2,1-6H3. The summed E-state index contributed by atoms with van der Waals surface area (Å²) in [7, 11) is 0. The molecule has 1 aliphatic carbocycles. The molecule has 114 valence electrons. The van der Waals surface area contributed by atoms with Crippen LogP contribution in [-0.2, 0) is 0 Å². The molecule has 1 fully saturated rings. The van der Waals surface area contributed by atoms with Crippen molar-refractivity contribution >= 4 is 0 Å². The molecule has 1 N–H and O–H groups in total. The molecule has 1 heteroatoms. The molecular formula is C18H37N. The van der Waals surface area contributed by atoms with Crippen molar-refractivity contribution in [3.8, 4) is 0 Å². The minimum atomic E-state index is 0.497. The van der Waals surface area contributed by atoms with Gasteiger partial charge in [-0.05, 0) is 74.3 Å². The molecule has 3 atom stereocenters. The molecule has 1 nitrogen and oxygen atoms in total. The zero-order chi connectivity index (χ0) is 14.5. The van der Waals surface area contributed by atoms with Gasteiger partial charge in [-0.15, -0.1) is 0 Å². The third-order valence-corrected chi connectivity index (χ3v) is 4.97. The molecule has 1 saturated carbocycles. The van der Waals surface area contributed by atoms with Gasteiger partial charge in [0, 0.05) is 0 Å². The van der Waals surface area contributed by atoms with Crippen LogP contribution in [0.2, 0.25) is 0 Å². The normalized spacial score (nSPS) is 28.9.